The van der Waals surface area contributed by atoms with Crippen molar-refractivity contribution in [3.05, 3.63) is 35.9 Å². The van der Waals surface area contributed by atoms with E-state index in [1.165, 1.54) is 63.4 Å². The normalized spacial score (nSPS) is 15.2. The van der Waals surface area contributed by atoms with Crippen LogP contribution in [0.1, 0.15) is 96.1 Å². The second-order valence-electron chi connectivity index (χ2n) is 7.40. The minimum Gasteiger partial charge on any atom is -0.393 e. The predicted octanol–water partition coefficient (Wildman–Crippen LogP) is 5.99. The second kappa shape index (κ2) is 13.4. The van der Waals surface area contributed by atoms with Crippen LogP contribution in [0.3, 0.4) is 0 Å². The van der Waals surface area contributed by atoms with Crippen LogP contribution >= 0.6 is 0 Å². The summed E-state index contributed by atoms with van der Waals surface area (Å²) >= 11 is 0. The van der Waals surface area contributed by atoms with Crippen LogP contribution in [-0.4, -0.2) is 11.2 Å². The second-order valence-corrected chi connectivity index (χ2v) is 7.40. The Morgan fingerprint density at radius 1 is 0.875 bits per heavy atom. The number of aliphatic hydroxyl groups is 1. The summed E-state index contributed by atoms with van der Waals surface area (Å²) in [6.07, 6.45) is 13.8. The highest BCUT2D eigenvalue weighted by Gasteiger charge is 2.20. The summed E-state index contributed by atoms with van der Waals surface area (Å²) in [6.45, 7) is 4.14. The third-order valence-corrected chi connectivity index (χ3v) is 5.01. The molecule has 1 aromatic carbocycles. The lowest BCUT2D eigenvalue weighted by molar-refractivity contribution is 0.147. The molecule has 0 saturated carbocycles. The Bertz CT molecular complexity index is 390. The summed E-state index contributed by atoms with van der Waals surface area (Å²) in [5, 5.41) is 9.81. The first-order valence-electron chi connectivity index (χ1n) is 10.1. The van der Waals surface area contributed by atoms with Gasteiger partial charge in [-0.15, -0.1) is 0 Å². The number of hydrogen-bond acceptors (Lipinski definition) is 2. The van der Waals surface area contributed by atoms with Crippen molar-refractivity contribution in [1.82, 2.24) is 0 Å². The van der Waals surface area contributed by atoms with E-state index in [4.69, 9.17) is 5.73 Å². The van der Waals surface area contributed by atoms with Crippen LogP contribution in [0.5, 0.6) is 0 Å². The molecular formula is C22H39NO. The monoisotopic (exact) mass is 333 g/mol. The Labute approximate surface area is 149 Å². The van der Waals surface area contributed by atoms with E-state index >= 15 is 0 Å². The molecule has 0 aliphatic heterocycles. The van der Waals surface area contributed by atoms with Gasteiger partial charge in [-0.25, -0.2) is 0 Å². The molecule has 138 valence electrons. The fourth-order valence-corrected chi connectivity index (χ4v) is 3.55. The predicted molar refractivity (Wildman–Crippen MR) is 105 cm³/mol. The van der Waals surface area contributed by atoms with Gasteiger partial charge in [0.15, 0.2) is 0 Å². The number of nitrogens with two attached hydrogens (primary N) is 1. The standard InChI is InChI=1S/C22H39NO/c1-3-4-5-6-7-8-9-10-12-17-21(18-19(2)24)22(23)20-15-13-11-14-16-20/h11,13-16,19,21-22,24H,3-10,12,17-18,23H2,1-2H3. The van der Waals surface area contributed by atoms with Crippen molar-refractivity contribution in [2.75, 3.05) is 0 Å². The van der Waals surface area contributed by atoms with Crippen molar-refractivity contribution in [2.24, 2.45) is 11.7 Å². The number of rotatable bonds is 14. The molecule has 0 amide bonds. The van der Waals surface area contributed by atoms with Crippen LogP contribution < -0.4 is 5.73 Å². The molecule has 3 atom stereocenters. The molecule has 0 radical (unpaired) electrons. The van der Waals surface area contributed by atoms with Crippen LogP contribution in [-0.2, 0) is 0 Å². The van der Waals surface area contributed by atoms with E-state index in [1.54, 1.807) is 0 Å². The van der Waals surface area contributed by atoms with E-state index < -0.39 is 0 Å². The Hall–Kier alpha value is -0.860. The molecule has 0 saturated heterocycles. The average molecular weight is 334 g/mol. The van der Waals surface area contributed by atoms with Gasteiger partial charge < -0.3 is 10.8 Å². The van der Waals surface area contributed by atoms with Crippen LogP contribution in [0.2, 0.25) is 0 Å². The molecule has 0 aliphatic rings. The summed E-state index contributed by atoms with van der Waals surface area (Å²) < 4.78 is 0. The molecule has 24 heavy (non-hydrogen) atoms. The molecule has 1 aromatic rings. The number of hydrogen-bond donors (Lipinski definition) is 2. The smallest absolute Gasteiger partial charge is 0.0515 e. The Kier molecular flexibility index (Phi) is 11.9. The van der Waals surface area contributed by atoms with E-state index in [0.717, 1.165) is 12.8 Å². The van der Waals surface area contributed by atoms with Gasteiger partial charge in [0.2, 0.25) is 0 Å². The van der Waals surface area contributed by atoms with Crippen LogP contribution in [0, 0.1) is 5.92 Å². The highest BCUT2D eigenvalue weighted by Crippen LogP contribution is 2.28. The largest absolute Gasteiger partial charge is 0.393 e. The first-order chi connectivity index (χ1) is 11.6. The van der Waals surface area contributed by atoms with Gasteiger partial charge in [0, 0.05) is 6.04 Å². The van der Waals surface area contributed by atoms with Gasteiger partial charge >= 0.3 is 0 Å². The van der Waals surface area contributed by atoms with E-state index in [2.05, 4.69) is 19.1 Å². The van der Waals surface area contributed by atoms with Crippen LogP contribution in [0.15, 0.2) is 30.3 Å². The van der Waals surface area contributed by atoms with Gasteiger partial charge in [0.1, 0.15) is 0 Å². The third kappa shape index (κ3) is 9.44. The summed E-state index contributed by atoms with van der Waals surface area (Å²) in [6, 6.07) is 10.4. The maximum absolute atomic E-state index is 9.81. The number of benzene rings is 1. The minimum absolute atomic E-state index is 0.0369. The van der Waals surface area contributed by atoms with Gasteiger partial charge in [-0.05, 0) is 31.2 Å². The van der Waals surface area contributed by atoms with Crippen molar-refractivity contribution in [2.45, 2.75) is 96.6 Å². The molecule has 0 heterocycles. The molecule has 1 rings (SSSR count). The molecule has 3 unspecified atom stereocenters. The van der Waals surface area contributed by atoms with Gasteiger partial charge in [0.25, 0.3) is 0 Å². The average Bonchev–Trinajstić information content (AvgIpc) is 2.59. The zero-order chi connectivity index (χ0) is 17.6. The number of aliphatic hydroxyl groups excluding tert-OH is 1. The van der Waals surface area contributed by atoms with Crippen LogP contribution in [0.4, 0.5) is 0 Å². The fourth-order valence-electron chi connectivity index (χ4n) is 3.55. The Balaban J connectivity index is 2.26. The molecule has 3 N–H and O–H groups in total. The summed E-state index contributed by atoms with van der Waals surface area (Å²) in [4.78, 5) is 0. The lowest BCUT2D eigenvalue weighted by Gasteiger charge is -2.25. The zero-order valence-electron chi connectivity index (χ0n) is 15.9. The molecular weight excluding hydrogens is 294 g/mol. The van der Waals surface area contributed by atoms with Crippen LogP contribution in [0.25, 0.3) is 0 Å². The molecule has 0 spiro atoms. The molecule has 0 bridgehead atoms. The SMILES string of the molecule is CCCCCCCCCCCC(CC(C)O)C(N)c1ccccc1. The lowest BCUT2D eigenvalue weighted by Crippen LogP contribution is -2.24. The van der Waals surface area contributed by atoms with Gasteiger partial charge in [-0.1, -0.05) is 95.0 Å². The third-order valence-electron chi connectivity index (χ3n) is 5.01. The maximum Gasteiger partial charge on any atom is 0.0515 e. The first-order valence-corrected chi connectivity index (χ1v) is 10.1. The van der Waals surface area contributed by atoms with E-state index in [1.807, 2.05) is 25.1 Å². The molecule has 0 aliphatic carbocycles. The number of unbranched alkanes of at least 4 members (excludes halogenated alkanes) is 8. The molecule has 2 nitrogen and oxygen atoms in total. The zero-order valence-corrected chi connectivity index (χ0v) is 15.9. The Morgan fingerprint density at radius 3 is 1.96 bits per heavy atom. The maximum atomic E-state index is 9.81. The van der Waals surface area contributed by atoms with Crippen molar-refractivity contribution in [1.29, 1.82) is 0 Å². The van der Waals surface area contributed by atoms with E-state index in [-0.39, 0.29) is 12.1 Å². The quantitative estimate of drug-likeness (QED) is 0.410. The highest BCUT2D eigenvalue weighted by molar-refractivity contribution is 5.19. The summed E-state index contributed by atoms with van der Waals surface area (Å²) in [5.41, 5.74) is 7.68. The van der Waals surface area contributed by atoms with Gasteiger partial charge in [0.05, 0.1) is 6.10 Å². The van der Waals surface area contributed by atoms with Gasteiger partial charge in [-0.2, -0.15) is 0 Å². The van der Waals surface area contributed by atoms with E-state index in [0.29, 0.717) is 5.92 Å². The van der Waals surface area contributed by atoms with Crippen molar-refractivity contribution >= 4 is 0 Å². The highest BCUT2D eigenvalue weighted by atomic mass is 16.3. The van der Waals surface area contributed by atoms with Crippen molar-refractivity contribution in [3.63, 3.8) is 0 Å². The molecule has 0 aromatic heterocycles. The topological polar surface area (TPSA) is 46.2 Å². The van der Waals surface area contributed by atoms with Crippen molar-refractivity contribution < 1.29 is 5.11 Å². The van der Waals surface area contributed by atoms with Crippen molar-refractivity contribution in [3.8, 4) is 0 Å². The Morgan fingerprint density at radius 2 is 1.42 bits per heavy atom. The summed E-state index contributed by atoms with van der Waals surface area (Å²) in [5.74, 6) is 0.372. The minimum atomic E-state index is -0.275. The molecule has 2 heteroatoms. The van der Waals surface area contributed by atoms with E-state index in [9.17, 15) is 5.11 Å². The summed E-state index contributed by atoms with van der Waals surface area (Å²) in [7, 11) is 0. The van der Waals surface area contributed by atoms with Gasteiger partial charge in [-0.3, -0.25) is 0 Å². The fraction of sp³-hybridized carbons (Fsp3) is 0.727. The first kappa shape index (κ1) is 21.2. The molecule has 0 fully saturated rings. The lowest BCUT2D eigenvalue weighted by atomic mass is 9.85.